The molecule has 1 fully saturated rings. The highest BCUT2D eigenvalue weighted by molar-refractivity contribution is 4.86. The van der Waals surface area contributed by atoms with Crippen LogP contribution in [0.1, 0.15) is 33.6 Å². The fourth-order valence-electron chi connectivity index (χ4n) is 2.22. The van der Waals surface area contributed by atoms with Gasteiger partial charge in [-0.2, -0.15) is 0 Å². The Balaban J connectivity index is 2.24. The van der Waals surface area contributed by atoms with E-state index in [1.165, 1.54) is 25.9 Å². The first-order chi connectivity index (χ1) is 6.19. The zero-order chi connectivity index (χ0) is 9.84. The summed E-state index contributed by atoms with van der Waals surface area (Å²) in [5.74, 6) is 1.48. The molecule has 1 atom stereocenters. The van der Waals surface area contributed by atoms with Crippen LogP contribution >= 0.6 is 0 Å². The summed E-state index contributed by atoms with van der Waals surface area (Å²) in [6.07, 6.45) is 2.65. The lowest BCUT2D eigenvalue weighted by Crippen LogP contribution is -2.55. The molecule has 1 aliphatic rings. The van der Waals surface area contributed by atoms with Crippen molar-refractivity contribution in [3.8, 4) is 0 Å². The van der Waals surface area contributed by atoms with Crippen LogP contribution < -0.4 is 0 Å². The Morgan fingerprint density at radius 3 is 2.38 bits per heavy atom. The van der Waals surface area contributed by atoms with E-state index in [-0.39, 0.29) is 0 Å². The predicted molar refractivity (Wildman–Crippen MR) is 55.7 cm³/mol. The van der Waals surface area contributed by atoms with Gasteiger partial charge in [-0.15, -0.1) is 0 Å². The van der Waals surface area contributed by atoms with Crippen LogP contribution in [0.25, 0.3) is 0 Å². The van der Waals surface area contributed by atoms with E-state index in [0.717, 1.165) is 5.92 Å². The smallest absolute Gasteiger partial charge is 0.0589 e. The maximum Gasteiger partial charge on any atom is 0.0589 e. The van der Waals surface area contributed by atoms with Crippen LogP contribution in [0.15, 0.2) is 0 Å². The molecule has 1 saturated heterocycles. The first-order valence-corrected chi connectivity index (χ1v) is 5.54. The monoisotopic (exact) mass is 185 g/mol. The molecule has 0 amide bonds. The van der Waals surface area contributed by atoms with Gasteiger partial charge in [0.25, 0.3) is 0 Å². The number of rotatable bonds is 5. The van der Waals surface area contributed by atoms with Gasteiger partial charge in [0.2, 0.25) is 0 Å². The minimum absolute atomic E-state index is 0.316. The highest BCUT2D eigenvalue weighted by atomic mass is 16.3. The van der Waals surface area contributed by atoms with Gasteiger partial charge in [-0.05, 0) is 18.3 Å². The van der Waals surface area contributed by atoms with Gasteiger partial charge in [-0.25, -0.2) is 0 Å². The van der Waals surface area contributed by atoms with Crippen molar-refractivity contribution < 1.29 is 5.11 Å². The second kappa shape index (κ2) is 4.97. The molecule has 0 spiro atoms. The quantitative estimate of drug-likeness (QED) is 0.705. The largest absolute Gasteiger partial charge is 0.395 e. The van der Waals surface area contributed by atoms with Gasteiger partial charge in [-0.3, -0.25) is 4.90 Å². The van der Waals surface area contributed by atoms with Crippen molar-refractivity contribution in [2.45, 2.75) is 39.7 Å². The van der Waals surface area contributed by atoms with Gasteiger partial charge < -0.3 is 5.11 Å². The van der Waals surface area contributed by atoms with Gasteiger partial charge >= 0.3 is 0 Å². The molecule has 78 valence electrons. The zero-order valence-electron chi connectivity index (χ0n) is 9.16. The van der Waals surface area contributed by atoms with Crippen LogP contribution in [-0.2, 0) is 0 Å². The molecular weight excluding hydrogens is 162 g/mol. The normalized spacial score (nSPS) is 21.9. The van der Waals surface area contributed by atoms with Crippen molar-refractivity contribution in [1.29, 1.82) is 0 Å². The number of aliphatic hydroxyl groups excluding tert-OH is 1. The summed E-state index contributed by atoms with van der Waals surface area (Å²) in [4.78, 5) is 2.42. The lowest BCUT2D eigenvalue weighted by Gasteiger charge is -2.45. The van der Waals surface area contributed by atoms with Crippen LogP contribution in [0.2, 0.25) is 0 Å². The number of hydrogen-bond donors (Lipinski definition) is 1. The summed E-state index contributed by atoms with van der Waals surface area (Å²) in [5, 5.41) is 9.21. The van der Waals surface area contributed by atoms with Crippen LogP contribution in [0.5, 0.6) is 0 Å². The lowest BCUT2D eigenvalue weighted by atomic mass is 9.90. The Hall–Kier alpha value is -0.0800. The Labute approximate surface area is 81.9 Å². The summed E-state index contributed by atoms with van der Waals surface area (Å²) in [6.45, 7) is 9.35. The highest BCUT2D eigenvalue weighted by Gasteiger charge is 2.32. The van der Waals surface area contributed by atoms with Gasteiger partial charge in [0.1, 0.15) is 0 Å². The zero-order valence-corrected chi connectivity index (χ0v) is 9.16. The van der Waals surface area contributed by atoms with Crippen molar-refractivity contribution in [3.63, 3.8) is 0 Å². The van der Waals surface area contributed by atoms with E-state index < -0.39 is 0 Å². The minimum Gasteiger partial charge on any atom is -0.395 e. The third kappa shape index (κ3) is 2.68. The fourth-order valence-corrected chi connectivity index (χ4v) is 2.22. The van der Waals surface area contributed by atoms with Gasteiger partial charge in [0, 0.05) is 19.1 Å². The standard InChI is InChI=1S/C11H23NO/c1-4-5-10-6-12(7-10)11(8-13)9(2)3/h9-11,13H,4-8H2,1-3H3. The van der Waals surface area contributed by atoms with Crippen molar-refractivity contribution in [1.82, 2.24) is 4.90 Å². The Kier molecular flexibility index (Phi) is 4.20. The average molecular weight is 185 g/mol. The van der Waals surface area contributed by atoms with E-state index in [4.69, 9.17) is 0 Å². The van der Waals surface area contributed by atoms with Crippen LogP contribution in [0.3, 0.4) is 0 Å². The second-order valence-electron chi connectivity index (χ2n) is 4.60. The van der Waals surface area contributed by atoms with Crippen molar-refractivity contribution >= 4 is 0 Å². The molecule has 0 aliphatic carbocycles. The van der Waals surface area contributed by atoms with Crippen molar-refractivity contribution in [2.75, 3.05) is 19.7 Å². The molecule has 0 aromatic carbocycles. The van der Waals surface area contributed by atoms with E-state index >= 15 is 0 Å². The van der Waals surface area contributed by atoms with Crippen LogP contribution in [0.4, 0.5) is 0 Å². The van der Waals surface area contributed by atoms with E-state index in [2.05, 4.69) is 25.7 Å². The summed E-state index contributed by atoms with van der Waals surface area (Å²) in [7, 11) is 0. The fraction of sp³-hybridized carbons (Fsp3) is 1.00. The molecule has 2 heteroatoms. The Bertz CT molecular complexity index is 141. The van der Waals surface area contributed by atoms with E-state index in [1.54, 1.807) is 0 Å². The predicted octanol–water partition coefficient (Wildman–Crippen LogP) is 1.74. The molecule has 13 heavy (non-hydrogen) atoms. The number of nitrogens with zero attached hydrogens (tertiary/aromatic N) is 1. The summed E-state index contributed by atoms with van der Waals surface area (Å²) >= 11 is 0. The molecule has 1 N–H and O–H groups in total. The first-order valence-electron chi connectivity index (χ1n) is 5.54. The van der Waals surface area contributed by atoms with Crippen molar-refractivity contribution in [2.24, 2.45) is 11.8 Å². The molecular formula is C11H23NO. The Morgan fingerprint density at radius 1 is 1.38 bits per heavy atom. The van der Waals surface area contributed by atoms with Crippen LogP contribution in [-0.4, -0.2) is 35.7 Å². The molecule has 1 aliphatic heterocycles. The molecule has 0 saturated carbocycles. The van der Waals surface area contributed by atoms with Crippen LogP contribution in [0, 0.1) is 11.8 Å². The lowest BCUT2D eigenvalue weighted by molar-refractivity contribution is 0.000381. The number of hydrogen-bond acceptors (Lipinski definition) is 2. The van der Waals surface area contributed by atoms with Crippen molar-refractivity contribution in [3.05, 3.63) is 0 Å². The summed E-state index contributed by atoms with van der Waals surface area (Å²) in [5.41, 5.74) is 0. The topological polar surface area (TPSA) is 23.5 Å². The first kappa shape index (κ1) is 11.0. The molecule has 1 rings (SSSR count). The molecule has 0 radical (unpaired) electrons. The second-order valence-corrected chi connectivity index (χ2v) is 4.60. The number of aliphatic hydroxyl groups is 1. The van der Waals surface area contributed by atoms with E-state index in [9.17, 15) is 5.11 Å². The average Bonchev–Trinajstić information content (AvgIpc) is 2.00. The van der Waals surface area contributed by atoms with Gasteiger partial charge in [0.05, 0.1) is 6.61 Å². The SMILES string of the molecule is CCCC1CN(C(CO)C(C)C)C1. The molecule has 1 heterocycles. The molecule has 0 bridgehead atoms. The maximum absolute atomic E-state index is 9.21. The molecule has 0 aromatic heterocycles. The number of likely N-dealkylation sites (tertiary alicyclic amines) is 1. The maximum atomic E-state index is 9.21. The minimum atomic E-state index is 0.316. The highest BCUT2D eigenvalue weighted by Crippen LogP contribution is 2.25. The third-order valence-electron chi connectivity index (χ3n) is 3.11. The van der Waals surface area contributed by atoms with E-state index in [0.29, 0.717) is 18.6 Å². The summed E-state index contributed by atoms with van der Waals surface area (Å²) < 4.78 is 0. The van der Waals surface area contributed by atoms with E-state index in [1.807, 2.05) is 0 Å². The summed E-state index contributed by atoms with van der Waals surface area (Å²) in [6, 6.07) is 0.396. The third-order valence-corrected chi connectivity index (χ3v) is 3.11. The molecule has 0 aromatic rings. The van der Waals surface area contributed by atoms with Gasteiger partial charge in [0.15, 0.2) is 0 Å². The molecule has 2 nitrogen and oxygen atoms in total. The molecule has 1 unspecified atom stereocenters. The Morgan fingerprint density at radius 2 is 2.00 bits per heavy atom. The van der Waals surface area contributed by atoms with Gasteiger partial charge in [-0.1, -0.05) is 27.2 Å².